The molecule has 3 heteroatoms. The van der Waals surface area contributed by atoms with Crippen molar-refractivity contribution in [1.82, 2.24) is 9.97 Å². The second-order valence-electron chi connectivity index (χ2n) is 4.90. The van der Waals surface area contributed by atoms with E-state index in [-0.39, 0.29) is 0 Å². The van der Waals surface area contributed by atoms with Crippen molar-refractivity contribution in [2.45, 2.75) is 13.8 Å². The van der Waals surface area contributed by atoms with Crippen LogP contribution in [0.2, 0.25) is 0 Å². The standard InChI is InChI=1S/C17H16N2O/c1-11-9-15(13-4-6-18-7-5-13)19-16-10-17(20-3)12(2)8-14(11)16/h4-10H,1-3H3. The van der Waals surface area contributed by atoms with Crippen molar-refractivity contribution in [3.05, 3.63) is 53.9 Å². The summed E-state index contributed by atoms with van der Waals surface area (Å²) in [6.07, 6.45) is 3.57. The van der Waals surface area contributed by atoms with E-state index in [4.69, 9.17) is 9.72 Å². The maximum absolute atomic E-state index is 5.39. The third kappa shape index (κ3) is 2.11. The molecule has 3 nitrogen and oxygen atoms in total. The topological polar surface area (TPSA) is 35.0 Å². The predicted octanol–water partition coefficient (Wildman–Crippen LogP) is 3.92. The van der Waals surface area contributed by atoms with Crippen LogP contribution in [0.25, 0.3) is 22.2 Å². The highest BCUT2D eigenvalue weighted by Gasteiger charge is 2.08. The minimum Gasteiger partial charge on any atom is -0.496 e. The van der Waals surface area contributed by atoms with Crippen molar-refractivity contribution < 1.29 is 4.74 Å². The van der Waals surface area contributed by atoms with Gasteiger partial charge < -0.3 is 4.74 Å². The van der Waals surface area contributed by atoms with Crippen LogP contribution in [0, 0.1) is 13.8 Å². The molecule has 100 valence electrons. The summed E-state index contributed by atoms with van der Waals surface area (Å²) in [7, 11) is 1.69. The lowest BCUT2D eigenvalue weighted by molar-refractivity contribution is 0.412. The quantitative estimate of drug-likeness (QED) is 0.703. The van der Waals surface area contributed by atoms with Crippen LogP contribution in [0.4, 0.5) is 0 Å². The molecule has 0 aliphatic carbocycles. The molecule has 0 fully saturated rings. The van der Waals surface area contributed by atoms with Crippen molar-refractivity contribution in [2.24, 2.45) is 0 Å². The molecule has 0 radical (unpaired) electrons. The molecule has 0 amide bonds. The van der Waals surface area contributed by atoms with Crippen molar-refractivity contribution in [3.8, 4) is 17.0 Å². The molecule has 0 saturated heterocycles. The molecule has 3 rings (SSSR count). The van der Waals surface area contributed by atoms with Gasteiger partial charge in [-0.05, 0) is 49.2 Å². The van der Waals surface area contributed by atoms with Gasteiger partial charge in [0.05, 0.1) is 18.3 Å². The summed E-state index contributed by atoms with van der Waals surface area (Å²) in [5.41, 5.74) is 5.33. The van der Waals surface area contributed by atoms with E-state index in [1.54, 1.807) is 19.5 Å². The average molecular weight is 264 g/mol. The molecule has 1 aromatic carbocycles. The zero-order valence-corrected chi connectivity index (χ0v) is 11.8. The van der Waals surface area contributed by atoms with E-state index in [9.17, 15) is 0 Å². The lowest BCUT2D eigenvalue weighted by atomic mass is 10.0. The molecule has 0 N–H and O–H groups in total. The van der Waals surface area contributed by atoms with Gasteiger partial charge in [0.1, 0.15) is 5.75 Å². The Bertz CT molecular complexity index is 767. The molecule has 0 aliphatic rings. The number of fused-ring (bicyclic) bond motifs is 1. The number of pyridine rings is 2. The van der Waals surface area contributed by atoms with E-state index in [1.165, 1.54) is 10.9 Å². The Balaban J connectivity index is 2.25. The number of benzene rings is 1. The number of aromatic nitrogens is 2. The van der Waals surface area contributed by atoms with Gasteiger partial charge in [-0.1, -0.05) is 0 Å². The normalized spacial score (nSPS) is 10.8. The van der Waals surface area contributed by atoms with Crippen LogP contribution in [0.15, 0.2) is 42.7 Å². The average Bonchev–Trinajstić information content (AvgIpc) is 2.48. The van der Waals surface area contributed by atoms with Gasteiger partial charge in [-0.3, -0.25) is 4.98 Å². The number of ether oxygens (including phenoxy) is 1. The number of methoxy groups -OCH3 is 1. The van der Waals surface area contributed by atoms with Crippen LogP contribution in [-0.4, -0.2) is 17.1 Å². The summed E-state index contributed by atoms with van der Waals surface area (Å²) >= 11 is 0. The molecule has 0 atom stereocenters. The summed E-state index contributed by atoms with van der Waals surface area (Å²) < 4.78 is 5.39. The molecule has 0 aliphatic heterocycles. The molecule has 2 aromatic heterocycles. The Hall–Kier alpha value is -2.42. The molecule has 0 unspecified atom stereocenters. The summed E-state index contributed by atoms with van der Waals surface area (Å²) in [6, 6.07) is 10.2. The molecule has 0 bridgehead atoms. The zero-order valence-electron chi connectivity index (χ0n) is 11.8. The Labute approximate surface area is 118 Å². The SMILES string of the molecule is COc1cc2nc(-c3ccncc3)cc(C)c2cc1C. The number of hydrogen-bond donors (Lipinski definition) is 0. The molecule has 3 aromatic rings. The van der Waals surface area contributed by atoms with Crippen LogP contribution in [0.3, 0.4) is 0 Å². The maximum atomic E-state index is 5.39. The second kappa shape index (κ2) is 4.93. The third-order valence-electron chi connectivity index (χ3n) is 3.51. The summed E-state index contributed by atoms with van der Waals surface area (Å²) in [5, 5.41) is 1.17. The summed E-state index contributed by atoms with van der Waals surface area (Å²) in [6.45, 7) is 4.16. The van der Waals surface area contributed by atoms with Crippen LogP contribution in [0.1, 0.15) is 11.1 Å². The lowest BCUT2D eigenvalue weighted by Gasteiger charge is -2.10. The first kappa shape index (κ1) is 12.6. The van der Waals surface area contributed by atoms with E-state index in [0.717, 1.165) is 28.1 Å². The van der Waals surface area contributed by atoms with Gasteiger partial charge in [0.2, 0.25) is 0 Å². The molecule has 20 heavy (non-hydrogen) atoms. The number of hydrogen-bond acceptors (Lipinski definition) is 3. The first-order valence-electron chi connectivity index (χ1n) is 6.55. The minimum atomic E-state index is 0.872. The van der Waals surface area contributed by atoms with E-state index >= 15 is 0 Å². The van der Waals surface area contributed by atoms with Crippen LogP contribution < -0.4 is 4.74 Å². The van der Waals surface area contributed by atoms with Crippen LogP contribution in [0.5, 0.6) is 5.75 Å². The Morgan fingerprint density at radius 1 is 0.950 bits per heavy atom. The Morgan fingerprint density at radius 2 is 1.70 bits per heavy atom. The zero-order chi connectivity index (χ0) is 14.1. The fraction of sp³-hybridized carbons (Fsp3) is 0.176. The van der Waals surface area contributed by atoms with Crippen LogP contribution >= 0.6 is 0 Å². The smallest absolute Gasteiger partial charge is 0.123 e. The molecule has 0 saturated carbocycles. The molecule has 0 spiro atoms. The highest BCUT2D eigenvalue weighted by Crippen LogP contribution is 2.29. The Kier molecular flexibility index (Phi) is 3.11. The van der Waals surface area contributed by atoms with Gasteiger partial charge in [-0.15, -0.1) is 0 Å². The fourth-order valence-electron chi connectivity index (χ4n) is 2.42. The fourth-order valence-corrected chi connectivity index (χ4v) is 2.42. The Morgan fingerprint density at radius 3 is 2.40 bits per heavy atom. The van der Waals surface area contributed by atoms with Crippen molar-refractivity contribution in [3.63, 3.8) is 0 Å². The van der Waals surface area contributed by atoms with Gasteiger partial charge in [-0.2, -0.15) is 0 Å². The van der Waals surface area contributed by atoms with E-state index in [0.29, 0.717) is 0 Å². The van der Waals surface area contributed by atoms with E-state index in [1.807, 2.05) is 18.2 Å². The van der Waals surface area contributed by atoms with Gasteiger partial charge in [0.15, 0.2) is 0 Å². The second-order valence-corrected chi connectivity index (χ2v) is 4.90. The van der Waals surface area contributed by atoms with Gasteiger partial charge in [-0.25, -0.2) is 4.98 Å². The number of nitrogens with zero attached hydrogens (tertiary/aromatic N) is 2. The third-order valence-corrected chi connectivity index (χ3v) is 3.51. The first-order valence-corrected chi connectivity index (χ1v) is 6.55. The van der Waals surface area contributed by atoms with E-state index < -0.39 is 0 Å². The lowest BCUT2D eigenvalue weighted by Crippen LogP contribution is -1.93. The monoisotopic (exact) mass is 264 g/mol. The minimum absolute atomic E-state index is 0.872. The molecular weight excluding hydrogens is 248 g/mol. The number of aryl methyl sites for hydroxylation is 2. The van der Waals surface area contributed by atoms with Gasteiger partial charge in [0, 0.05) is 29.4 Å². The van der Waals surface area contributed by atoms with Gasteiger partial charge >= 0.3 is 0 Å². The maximum Gasteiger partial charge on any atom is 0.123 e. The first-order chi connectivity index (χ1) is 9.69. The summed E-state index contributed by atoms with van der Waals surface area (Å²) in [5.74, 6) is 0.872. The van der Waals surface area contributed by atoms with Gasteiger partial charge in [0.25, 0.3) is 0 Å². The molecular formula is C17H16N2O. The number of rotatable bonds is 2. The summed E-state index contributed by atoms with van der Waals surface area (Å²) in [4.78, 5) is 8.80. The van der Waals surface area contributed by atoms with Crippen molar-refractivity contribution in [2.75, 3.05) is 7.11 Å². The highest BCUT2D eigenvalue weighted by atomic mass is 16.5. The highest BCUT2D eigenvalue weighted by molar-refractivity contribution is 5.87. The van der Waals surface area contributed by atoms with Crippen molar-refractivity contribution >= 4 is 10.9 Å². The molecule has 2 heterocycles. The van der Waals surface area contributed by atoms with Crippen LogP contribution in [-0.2, 0) is 0 Å². The predicted molar refractivity (Wildman–Crippen MR) is 81.0 cm³/mol. The van der Waals surface area contributed by atoms with E-state index in [2.05, 4.69) is 31.0 Å². The van der Waals surface area contributed by atoms with Crippen molar-refractivity contribution in [1.29, 1.82) is 0 Å². The largest absolute Gasteiger partial charge is 0.496 e.